The van der Waals surface area contributed by atoms with Crippen LogP contribution in [-0.4, -0.2) is 24.8 Å². The molecule has 2 saturated heterocycles. The molecule has 0 spiro atoms. The quantitative estimate of drug-likeness (QED) is 0.822. The van der Waals surface area contributed by atoms with Gasteiger partial charge in [0.15, 0.2) is 11.5 Å². The fourth-order valence-corrected chi connectivity index (χ4v) is 3.64. The third-order valence-corrected chi connectivity index (χ3v) is 4.81. The summed E-state index contributed by atoms with van der Waals surface area (Å²) in [6.45, 7) is 4.28. The lowest BCUT2D eigenvalue weighted by molar-refractivity contribution is -0.137. The molecule has 2 bridgehead atoms. The van der Waals surface area contributed by atoms with Gasteiger partial charge in [-0.2, -0.15) is 13.2 Å². The summed E-state index contributed by atoms with van der Waals surface area (Å²) in [6, 6.07) is 4.43. The Hall–Kier alpha value is -1.43. The zero-order chi connectivity index (χ0) is 18.0. The Morgan fingerprint density at radius 1 is 1.12 bits per heavy atom. The molecule has 0 saturated carbocycles. The van der Waals surface area contributed by atoms with Gasteiger partial charge < -0.3 is 14.8 Å². The Morgan fingerprint density at radius 2 is 1.80 bits per heavy atom. The van der Waals surface area contributed by atoms with Crippen LogP contribution in [0, 0.1) is 5.92 Å². The summed E-state index contributed by atoms with van der Waals surface area (Å²) in [5.41, 5.74) is -0.708. The summed E-state index contributed by atoms with van der Waals surface area (Å²) in [4.78, 5) is 0. The van der Waals surface area contributed by atoms with Crippen LogP contribution in [0.4, 0.5) is 13.2 Å². The number of hydrogen-bond acceptors (Lipinski definition) is 3. The van der Waals surface area contributed by atoms with E-state index in [0.29, 0.717) is 24.4 Å². The zero-order valence-corrected chi connectivity index (χ0v) is 14.7. The number of nitrogens with one attached hydrogen (secondary N) is 1. The first-order valence-electron chi connectivity index (χ1n) is 9.08. The SMILES string of the molecule is CC(C)COc1cc(C(F)(F)F)ccc1OC1CC2CCC[C@@H](C1)N2. The number of fused-ring (bicyclic) bond motifs is 2. The summed E-state index contributed by atoms with van der Waals surface area (Å²) < 4.78 is 50.7. The lowest BCUT2D eigenvalue weighted by Gasteiger charge is -2.40. The highest BCUT2D eigenvalue weighted by molar-refractivity contribution is 5.44. The molecule has 3 atom stereocenters. The normalized spacial score (nSPS) is 26.6. The van der Waals surface area contributed by atoms with Crippen molar-refractivity contribution < 1.29 is 22.6 Å². The minimum absolute atomic E-state index is 0.0229. The highest BCUT2D eigenvalue weighted by Crippen LogP contribution is 2.38. The highest BCUT2D eigenvalue weighted by atomic mass is 19.4. The van der Waals surface area contributed by atoms with Gasteiger partial charge in [-0.15, -0.1) is 0 Å². The molecular weight excluding hydrogens is 331 g/mol. The van der Waals surface area contributed by atoms with Crippen LogP contribution in [0.15, 0.2) is 18.2 Å². The van der Waals surface area contributed by atoms with Crippen LogP contribution >= 0.6 is 0 Å². The Morgan fingerprint density at radius 3 is 2.40 bits per heavy atom. The molecule has 2 heterocycles. The lowest BCUT2D eigenvalue weighted by atomic mass is 9.85. The number of alkyl halides is 3. The molecule has 0 aliphatic carbocycles. The molecule has 2 aliphatic heterocycles. The van der Waals surface area contributed by atoms with Crippen LogP contribution in [0.1, 0.15) is 51.5 Å². The number of benzene rings is 1. The topological polar surface area (TPSA) is 30.5 Å². The van der Waals surface area contributed by atoms with Crippen molar-refractivity contribution in [2.45, 2.75) is 70.3 Å². The van der Waals surface area contributed by atoms with Gasteiger partial charge in [0.1, 0.15) is 6.10 Å². The van der Waals surface area contributed by atoms with E-state index < -0.39 is 11.7 Å². The summed E-state index contributed by atoms with van der Waals surface area (Å²) in [6.07, 6.45) is 0.926. The zero-order valence-electron chi connectivity index (χ0n) is 14.7. The molecule has 2 aliphatic rings. The summed E-state index contributed by atoms with van der Waals surface area (Å²) >= 11 is 0. The lowest BCUT2D eigenvalue weighted by Crippen LogP contribution is -2.51. The molecule has 0 amide bonds. The number of rotatable bonds is 5. The molecule has 0 radical (unpaired) electrons. The summed E-state index contributed by atoms with van der Waals surface area (Å²) in [7, 11) is 0. The van der Waals surface area contributed by atoms with Crippen LogP contribution in [-0.2, 0) is 6.18 Å². The molecule has 25 heavy (non-hydrogen) atoms. The Balaban J connectivity index is 1.76. The van der Waals surface area contributed by atoms with E-state index in [2.05, 4.69) is 5.32 Å². The van der Waals surface area contributed by atoms with Gasteiger partial charge in [0.25, 0.3) is 0 Å². The average Bonchev–Trinajstić information content (AvgIpc) is 2.52. The Bertz CT molecular complexity index is 577. The van der Waals surface area contributed by atoms with Crippen molar-refractivity contribution in [3.63, 3.8) is 0 Å². The van der Waals surface area contributed by atoms with Gasteiger partial charge in [-0.25, -0.2) is 0 Å². The second-order valence-corrected chi connectivity index (χ2v) is 7.57. The molecule has 6 heteroatoms. The van der Waals surface area contributed by atoms with E-state index in [1.165, 1.54) is 12.5 Å². The van der Waals surface area contributed by atoms with E-state index in [4.69, 9.17) is 9.47 Å². The molecule has 0 aromatic heterocycles. The minimum atomic E-state index is -4.39. The van der Waals surface area contributed by atoms with E-state index in [9.17, 15) is 13.2 Å². The van der Waals surface area contributed by atoms with Crippen molar-refractivity contribution >= 4 is 0 Å². The number of halogens is 3. The van der Waals surface area contributed by atoms with E-state index >= 15 is 0 Å². The second-order valence-electron chi connectivity index (χ2n) is 7.57. The van der Waals surface area contributed by atoms with Gasteiger partial charge in [0.2, 0.25) is 0 Å². The summed E-state index contributed by atoms with van der Waals surface area (Å²) in [5.74, 6) is 0.825. The number of piperidine rings is 2. The monoisotopic (exact) mass is 357 g/mol. The van der Waals surface area contributed by atoms with Gasteiger partial charge in [-0.05, 0) is 49.8 Å². The molecule has 3 nitrogen and oxygen atoms in total. The van der Waals surface area contributed by atoms with Crippen molar-refractivity contribution in [2.75, 3.05) is 6.61 Å². The van der Waals surface area contributed by atoms with Gasteiger partial charge in [0, 0.05) is 12.1 Å². The minimum Gasteiger partial charge on any atom is -0.489 e. The molecular formula is C19H26F3NO2. The van der Waals surface area contributed by atoms with E-state index in [1.54, 1.807) is 0 Å². The first kappa shape index (κ1) is 18.4. The van der Waals surface area contributed by atoms with Crippen molar-refractivity contribution in [2.24, 2.45) is 5.92 Å². The third-order valence-electron chi connectivity index (χ3n) is 4.81. The third kappa shape index (κ3) is 4.81. The molecule has 140 valence electrons. The van der Waals surface area contributed by atoms with Crippen LogP contribution in [0.25, 0.3) is 0 Å². The predicted octanol–water partition coefficient (Wildman–Crippen LogP) is 4.79. The highest BCUT2D eigenvalue weighted by Gasteiger charge is 2.34. The Kier molecular flexibility index (Phi) is 5.46. The van der Waals surface area contributed by atoms with Crippen molar-refractivity contribution in [3.8, 4) is 11.5 Å². The molecule has 1 aromatic carbocycles. The molecule has 1 N–H and O–H groups in total. The van der Waals surface area contributed by atoms with Gasteiger partial charge >= 0.3 is 6.18 Å². The number of ether oxygens (including phenoxy) is 2. The van der Waals surface area contributed by atoms with Gasteiger partial charge in [-0.3, -0.25) is 0 Å². The maximum absolute atomic E-state index is 13.0. The fraction of sp³-hybridized carbons (Fsp3) is 0.684. The summed E-state index contributed by atoms with van der Waals surface area (Å²) in [5, 5.41) is 3.59. The van der Waals surface area contributed by atoms with Crippen LogP contribution in [0.5, 0.6) is 11.5 Å². The van der Waals surface area contributed by atoms with Crippen LogP contribution in [0.3, 0.4) is 0 Å². The largest absolute Gasteiger partial charge is 0.489 e. The Labute approximate surface area is 146 Å². The van der Waals surface area contributed by atoms with Crippen LogP contribution < -0.4 is 14.8 Å². The molecule has 3 rings (SSSR count). The van der Waals surface area contributed by atoms with E-state index in [0.717, 1.165) is 37.8 Å². The maximum atomic E-state index is 13.0. The van der Waals surface area contributed by atoms with Crippen molar-refractivity contribution in [3.05, 3.63) is 23.8 Å². The smallest absolute Gasteiger partial charge is 0.416 e. The predicted molar refractivity (Wildman–Crippen MR) is 90.0 cm³/mol. The van der Waals surface area contributed by atoms with Gasteiger partial charge in [-0.1, -0.05) is 20.3 Å². The second kappa shape index (κ2) is 7.44. The average molecular weight is 357 g/mol. The van der Waals surface area contributed by atoms with Gasteiger partial charge in [0.05, 0.1) is 12.2 Å². The number of hydrogen-bond donors (Lipinski definition) is 1. The first-order valence-corrected chi connectivity index (χ1v) is 9.08. The van der Waals surface area contributed by atoms with E-state index in [-0.39, 0.29) is 17.8 Å². The van der Waals surface area contributed by atoms with E-state index in [1.807, 2.05) is 13.8 Å². The fourth-order valence-electron chi connectivity index (χ4n) is 3.64. The first-order chi connectivity index (χ1) is 11.8. The molecule has 1 aromatic rings. The molecule has 2 unspecified atom stereocenters. The standard InChI is InChI=1S/C19H26F3NO2/c1-12(2)11-24-18-8-13(19(20,21)22)6-7-17(18)25-16-9-14-4-3-5-15(10-16)23-14/h6-8,12,14-16,23H,3-5,9-11H2,1-2H3/t14-,15?,16?/m0/s1. The van der Waals surface area contributed by atoms with Crippen LogP contribution in [0.2, 0.25) is 0 Å². The van der Waals surface area contributed by atoms with Crippen molar-refractivity contribution in [1.29, 1.82) is 0 Å². The maximum Gasteiger partial charge on any atom is 0.416 e. The van der Waals surface area contributed by atoms with Crippen molar-refractivity contribution in [1.82, 2.24) is 5.32 Å². The molecule has 2 fully saturated rings.